The number of carboxylic acid groups (broad SMARTS) is 2. The number of para-hydroxylation sites is 1. The SMILES string of the molecule is COc1ccccc1CN1CCN(C(=O)C(c2ccccc2)c2ccccc2)CC1.O=C(O)C(=O)O. The van der Waals surface area contributed by atoms with Gasteiger partial charge >= 0.3 is 11.9 Å². The lowest BCUT2D eigenvalue weighted by molar-refractivity contribution is -0.159. The van der Waals surface area contributed by atoms with Gasteiger partial charge in [0.25, 0.3) is 0 Å². The molecule has 0 unspecified atom stereocenters. The number of hydrogen-bond acceptors (Lipinski definition) is 5. The third-order valence-corrected chi connectivity index (χ3v) is 5.97. The molecule has 4 rings (SSSR count). The molecule has 1 aliphatic heterocycles. The van der Waals surface area contributed by atoms with Crippen LogP contribution in [-0.4, -0.2) is 71.1 Å². The Kier molecular flexibility index (Phi) is 9.59. The van der Waals surface area contributed by atoms with Crippen molar-refractivity contribution < 1.29 is 29.3 Å². The molecule has 8 nitrogen and oxygen atoms in total. The van der Waals surface area contributed by atoms with Crippen molar-refractivity contribution in [1.82, 2.24) is 9.80 Å². The van der Waals surface area contributed by atoms with Crippen molar-refractivity contribution in [2.45, 2.75) is 12.5 Å². The van der Waals surface area contributed by atoms with E-state index in [9.17, 15) is 4.79 Å². The molecule has 0 aromatic heterocycles. The number of benzene rings is 3. The maximum absolute atomic E-state index is 13.6. The maximum Gasteiger partial charge on any atom is 0.414 e. The molecule has 1 aliphatic rings. The summed E-state index contributed by atoms with van der Waals surface area (Å²) in [5.41, 5.74) is 3.28. The van der Waals surface area contributed by atoms with Gasteiger partial charge in [-0.05, 0) is 17.2 Å². The summed E-state index contributed by atoms with van der Waals surface area (Å²) in [6.07, 6.45) is 0. The van der Waals surface area contributed by atoms with Gasteiger partial charge in [-0.3, -0.25) is 9.69 Å². The Balaban J connectivity index is 0.000000538. The predicted molar refractivity (Wildman–Crippen MR) is 135 cm³/mol. The number of hydrogen-bond donors (Lipinski definition) is 2. The first kappa shape index (κ1) is 26.4. The molecule has 0 atom stereocenters. The van der Waals surface area contributed by atoms with Crippen LogP contribution in [0.3, 0.4) is 0 Å². The third-order valence-electron chi connectivity index (χ3n) is 5.97. The molecular weight excluding hydrogens is 460 g/mol. The average molecular weight is 491 g/mol. The smallest absolute Gasteiger partial charge is 0.414 e. The number of amides is 1. The summed E-state index contributed by atoms with van der Waals surface area (Å²) in [5.74, 6) is -2.80. The van der Waals surface area contributed by atoms with Crippen molar-refractivity contribution >= 4 is 17.8 Å². The highest BCUT2D eigenvalue weighted by atomic mass is 16.5. The van der Waals surface area contributed by atoms with Gasteiger partial charge in [0.2, 0.25) is 5.91 Å². The van der Waals surface area contributed by atoms with Gasteiger partial charge in [0.15, 0.2) is 0 Å². The second-order valence-corrected chi connectivity index (χ2v) is 8.28. The summed E-state index contributed by atoms with van der Waals surface area (Å²) in [5, 5.41) is 14.8. The van der Waals surface area contributed by atoms with Crippen LogP contribution in [0.5, 0.6) is 5.75 Å². The van der Waals surface area contributed by atoms with Crippen molar-refractivity contribution in [1.29, 1.82) is 0 Å². The molecule has 1 amide bonds. The van der Waals surface area contributed by atoms with E-state index in [-0.39, 0.29) is 11.8 Å². The summed E-state index contributed by atoms with van der Waals surface area (Å²) in [6.45, 7) is 4.04. The molecule has 1 heterocycles. The molecule has 1 saturated heterocycles. The lowest BCUT2D eigenvalue weighted by Crippen LogP contribution is -2.49. The second-order valence-electron chi connectivity index (χ2n) is 8.28. The molecular formula is C28H30N2O6. The Labute approximate surface area is 210 Å². The molecule has 2 N–H and O–H groups in total. The molecule has 0 saturated carbocycles. The number of piperazine rings is 1. The van der Waals surface area contributed by atoms with E-state index in [1.807, 2.05) is 83.8 Å². The molecule has 1 fully saturated rings. The zero-order valence-electron chi connectivity index (χ0n) is 20.1. The molecule has 188 valence electrons. The van der Waals surface area contributed by atoms with E-state index in [4.69, 9.17) is 24.5 Å². The van der Waals surface area contributed by atoms with Crippen LogP contribution in [0.2, 0.25) is 0 Å². The van der Waals surface area contributed by atoms with Gasteiger partial charge in [-0.25, -0.2) is 9.59 Å². The standard InChI is InChI=1S/C26H28N2O2.C2H2O4/c1-30-24-15-9-8-14-23(24)20-27-16-18-28(19-17-27)26(29)25(21-10-4-2-5-11-21)22-12-6-3-7-13-22;3-1(4)2(5)6/h2-15,25H,16-20H2,1H3;(H,3,4)(H,5,6). The summed E-state index contributed by atoms with van der Waals surface area (Å²) >= 11 is 0. The Hall–Kier alpha value is -4.17. The summed E-state index contributed by atoms with van der Waals surface area (Å²) in [6, 6.07) is 28.3. The zero-order valence-corrected chi connectivity index (χ0v) is 20.1. The van der Waals surface area contributed by atoms with Crippen molar-refractivity contribution in [3.8, 4) is 5.75 Å². The van der Waals surface area contributed by atoms with Crippen LogP contribution in [0.15, 0.2) is 84.9 Å². The molecule has 0 radical (unpaired) electrons. The van der Waals surface area contributed by atoms with Crippen LogP contribution in [0.1, 0.15) is 22.6 Å². The topological polar surface area (TPSA) is 107 Å². The van der Waals surface area contributed by atoms with Gasteiger partial charge in [0.1, 0.15) is 5.75 Å². The zero-order chi connectivity index (χ0) is 25.9. The minimum atomic E-state index is -1.82. The van der Waals surface area contributed by atoms with Crippen molar-refractivity contribution in [2.24, 2.45) is 0 Å². The van der Waals surface area contributed by atoms with Gasteiger partial charge in [0.05, 0.1) is 13.0 Å². The molecule has 3 aromatic rings. The van der Waals surface area contributed by atoms with Crippen LogP contribution in [0, 0.1) is 0 Å². The van der Waals surface area contributed by atoms with Gasteiger partial charge in [-0.15, -0.1) is 0 Å². The Bertz CT molecular complexity index is 1090. The Morgan fingerprint density at radius 3 is 1.69 bits per heavy atom. The van der Waals surface area contributed by atoms with Crippen molar-refractivity contribution in [2.75, 3.05) is 33.3 Å². The lowest BCUT2D eigenvalue weighted by atomic mass is 9.90. The highest BCUT2D eigenvalue weighted by Crippen LogP contribution is 2.28. The summed E-state index contributed by atoms with van der Waals surface area (Å²) in [4.78, 5) is 36.2. The van der Waals surface area contributed by atoms with E-state index in [0.717, 1.165) is 49.6 Å². The first-order valence-electron chi connectivity index (χ1n) is 11.6. The summed E-state index contributed by atoms with van der Waals surface area (Å²) in [7, 11) is 1.71. The normalized spacial score (nSPS) is 13.4. The Morgan fingerprint density at radius 2 is 1.22 bits per heavy atom. The van der Waals surface area contributed by atoms with E-state index < -0.39 is 11.9 Å². The number of rotatable bonds is 6. The van der Waals surface area contributed by atoms with Crippen LogP contribution >= 0.6 is 0 Å². The fraction of sp³-hybridized carbons (Fsp3) is 0.250. The van der Waals surface area contributed by atoms with Crippen LogP contribution < -0.4 is 4.74 Å². The number of carbonyl (C=O) groups is 3. The summed E-state index contributed by atoms with van der Waals surface area (Å²) < 4.78 is 5.48. The fourth-order valence-corrected chi connectivity index (χ4v) is 4.15. The number of methoxy groups -OCH3 is 1. The molecule has 8 heteroatoms. The number of aliphatic carboxylic acids is 2. The fourth-order valence-electron chi connectivity index (χ4n) is 4.15. The van der Waals surface area contributed by atoms with Gasteiger partial charge in [0, 0.05) is 38.3 Å². The molecule has 36 heavy (non-hydrogen) atoms. The van der Waals surface area contributed by atoms with Crippen LogP contribution in [0.25, 0.3) is 0 Å². The molecule has 0 spiro atoms. The van der Waals surface area contributed by atoms with E-state index in [2.05, 4.69) is 11.0 Å². The quantitative estimate of drug-likeness (QED) is 0.511. The molecule has 0 bridgehead atoms. The number of carbonyl (C=O) groups excluding carboxylic acids is 1. The molecule has 3 aromatic carbocycles. The Morgan fingerprint density at radius 1 is 0.750 bits per heavy atom. The van der Waals surface area contributed by atoms with Crippen LogP contribution in [0.4, 0.5) is 0 Å². The van der Waals surface area contributed by atoms with E-state index >= 15 is 0 Å². The van der Waals surface area contributed by atoms with Crippen molar-refractivity contribution in [3.05, 3.63) is 102 Å². The highest BCUT2D eigenvalue weighted by Gasteiger charge is 2.29. The minimum Gasteiger partial charge on any atom is -0.496 e. The lowest BCUT2D eigenvalue weighted by Gasteiger charge is -2.36. The first-order valence-corrected chi connectivity index (χ1v) is 11.6. The van der Waals surface area contributed by atoms with E-state index in [0.29, 0.717) is 0 Å². The highest BCUT2D eigenvalue weighted by molar-refractivity contribution is 6.27. The largest absolute Gasteiger partial charge is 0.496 e. The van der Waals surface area contributed by atoms with Gasteiger partial charge < -0.3 is 19.8 Å². The average Bonchev–Trinajstić information content (AvgIpc) is 2.91. The van der Waals surface area contributed by atoms with Gasteiger partial charge in [-0.1, -0.05) is 78.9 Å². The second kappa shape index (κ2) is 13.1. The number of carboxylic acids is 2. The minimum absolute atomic E-state index is 0.185. The van der Waals surface area contributed by atoms with E-state index in [1.165, 1.54) is 5.56 Å². The number of nitrogens with zero attached hydrogens (tertiary/aromatic N) is 2. The maximum atomic E-state index is 13.6. The number of ether oxygens (including phenoxy) is 1. The van der Waals surface area contributed by atoms with Crippen LogP contribution in [-0.2, 0) is 20.9 Å². The van der Waals surface area contributed by atoms with Gasteiger partial charge in [-0.2, -0.15) is 0 Å². The predicted octanol–water partition coefficient (Wildman–Crippen LogP) is 3.33. The van der Waals surface area contributed by atoms with Crippen molar-refractivity contribution in [3.63, 3.8) is 0 Å². The molecule has 0 aliphatic carbocycles. The van der Waals surface area contributed by atoms with E-state index in [1.54, 1.807) is 7.11 Å². The monoisotopic (exact) mass is 490 g/mol. The first-order chi connectivity index (χ1) is 17.4. The third kappa shape index (κ3) is 7.16.